The Morgan fingerprint density at radius 2 is 2.06 bits per heavy atom. The Morgan fingerprint density at radius 1 is 1.39 bits per heavy atom. The van der Waals surface area contributed by atoms with Gasteiger partial charge in [0.1, 0.15) is 0 Å². The van der Waals surface area contributed by atoms with Crippen LogP contribution in [0.15, 0.2) is 24.3 Å². The lowest BCUT2D eigenvalue weighted by Crippen LogP contribution is -2.23. The van der Waals surface area contributed by atoms with Crippen molar-refractivity contribution in [3.8, 4) is 0 Å². The number of hydrogen-bond donors (Lipinski definition) is 2. The standard InChI is InChI=1S/C14H21NO3/c1-11(10-16)8-15-9-13-6-4-3-5-12(13)7-14(17)18-2/h3-6,11,15-16H,7-10H2,1-2H3. The van der Waals surface area contributed by atoms with Gasteiger partial charge < -0.3 is 15.2 Å². The third-order valence-electron chi connectivity index (χ3n) is 2.80. The van der Waals surface area contributed by atoms with Gasteiger partial charge in [0.05, 0.1) is 13.5 Å². The van der Waals surface area contributed by atoms with E-state index in [0.717, 1.165) is 17.7 Å². The summed E-state index contributed by atoms with van der Waals surface area (Å²) in [7, 11) is 1.39. The van der Waals surface area contributed by atoms with Crippen molar-refractivity contribution < 1.29 is 14.6 Å². The van der Waals surface area contributed by atoms with Crippen LogP contribution >= 0.6 is 0 Å². The Balaban J connectivity index is 2.56. The van der Waals surface area contributed by atoms with Crippen molar-refractivity contribution in [3.63, 3.8) is 0 Å². The fourth-order valence-electron chi connectivity index (χ4n) is 1.65. The smallest absolute Gasteiger partial charge is 0.309 e. The molecule has 1 unspecified atom stereocenters. The molecule has 0 radical (unpaired) electrons. The Morgan fingerprint density at radius 3 is 2.67 bits per heavy atom. The molecule has 4 nitrogen and oxygen atoms in total. The van der Waals surface area contributed by atoms with Crippen LogP contribution in [-0.2, 0) is 22.5 Å². The molecule has 0 aromatic heterocycles. The van der Waals surface area contributed by atoms with E-state index in [0.29, 0.717) is 13.0 Å². The lowest BCUT2D eigenvalue weighted by molar-refractivity contribution is -0.139. The van der Waals surface area contributed by atoms with E-state index in [9.17, 15) is 4.79 Å². The second-order valence-corrected chi connectivity index (χ2v) is 4.44. The summed E-state index contributed by atoms with van der Waals surface area (Å²) < 4.78 is 4.68. The van der Waals surface area contributed by atoms with E-state index in [4.69, 9.17) is 5.11 Å². The third-order valence-corrected chi connectivity index (χ3v) is 2.80. The predicted molar refractivity (Wildman–Crippen MR) is 70.1 cm³/mol. The van der Waals surface area contributed by atoms with Crippen molar-refractivity contribution in [1.29, 1.82) is 0 Å². The minimum atomic E-state index is -0.230. The monoisotopic (exact) mass is 251 g/mol. The van der Waals surface area contributed by atoms with Gasteiger partial charge in [-0.1, -0.05) is 31.2 Å². The molecular formula is C14H21NO3. The van der Waals surface area contributed by atoms with E-state index in [1.165, 1.54) is 7.11 Å². The quantitative estimate of drug-likeness (QED) is 0.713. The summed E-state index contributed by atoms with van der Waals surface area (Å²) in [6.45, 7) is 3.60. The van der Waals surface area contributed by atoms with Crippen LogP contribution < -0.4 is 5.32 Å². The topological polar surface area (TPSA) is 58.6 Å². The van der Waals surface area contributed by atoms with Crippen LogP contribution in [0.25, 0.3) is 0 Å². The van der Waals surface area contributed by atoms with Gasteiger partial charge in [-0.05, 0) is 17.0 Å². The van der Waals surface area contributed by atoms with Crippen molar-refractivity contribution in [1.82, 2.24) is 5.32 Å². The molecule has 2 N–H and O–H groups in total. The molecule has 0 fully saturated rings. The average Bonchev–Trinajstić information content (AvgIpc) is 2.40. The molecule has 18 heavy (non-hydrogen) atoms. The van der Waals surface area contributed by atoms with Gasteiger partial charge in [-0.15, -0.1) is 0 Å². The number of hydrogen-bond acceptors (Lipinski definition) is 4. The highest BCUT2D eigenvalue weighted by molar-refractivity contribution is 5.72. The van der Waals surface area contributed by atoms with Crippen molar-refractivity contribution in [2.24, 2.45) is 5.92 Å². The Labute approximate surface area is 108 Å². The van der Waals surface area contributed by atoms with Gasteiger partial charge in [-0.3, -0.25) is 4.79 Å². The Kier molecular flexibility index (Phi) is 6.39. The minimum absolute atomic E-state index is 0.177. The molecule has 0 bridgehead atoms. The molecule has 1 rings (SSSR count). The first-order chi connectivity index (χ1) is 8.67. The summed E-state index contributed by atoms with van der Waals surface area (Å²) in [5, 5.41) is 12.2. The summed E-state index contributed by atoms with van der Waals surface area (Å²) in [5.41, 5.74) is 2.07. The molecular weight excluding hydrogens is 230 g/mol. The van der Waals surface area contributed by atoms with Crippen LogP contribution in [0.3, 0.4) is 0 Å². The fraction of sp³-hybridized carbons (Fsp3) is 0.500. The summed E-state index contributed by atoms with van der Waals surface area (Å²) in [4.78, 5) is 11.3. The van der Waals surface area contributed by atoms with E-state index >= 15 is 0 Å². The highest BCUT2D eigenvalue weighted by atomic mass is 16.5. The second kappa shape index (κ2) is 7.84. The van der Waals surface area contributed by atoms with E-state index in [2.05, 4.69) is 10.1 Å². The second-order valence-electron chi connectivity index (χ2n) is 4.44. The van der Waals surface area contributed by atoms with Crippen LogP contribution in [0, 0.1) is 5.92 Å². The largest absolute Gasteiger partial charge is 0.469 e. The number of aliphatic hydroxyl groups excluding tert-OH is 1. The number of ether oxygens (including phenoxy) is 1. The molecule has 1 aromatic rings. The van der Waals surface area contributed by atoms with Crippen LogP contribution in [0.4, 0.5) is 0 Å². The molecule has 0 amide bonds. The summed E-state index contributed by atoms with van der Waals surface area (Å²) in [6.07, 6.45) is 0.296. The third kappa shape index (κ3) is 4.85. The Bertz CT molecular complexity index is 379. The van der Waals surface area contributed by atoms with Crippen molar-refractivity contribution in [3.05, 3.63) is 35.4 Å². The van der Waals surface area contributed by atoms with Crippen LogP contribution in [0.2, 0.25) is 0 Å². The van der Waals surface area contributed by atoms with Gasteiger partial charge in [0, 0.05) is 19.7 Å². The molecule has 0 aliphatic heterocycles. The number of rotatable bonds is 7. The zero-order valence-electron chi connectivity index (χ0n) is 11.0. The molecule has 0 spiro atoms. The van der Waals surface area contributed by atoms with Crippen LogP contribution in [0.5, 0.6) is 0 Å². The summed E-state index contributed by atoms with van der Waals surface area (Å²) in [6, 6.07) is 7.80. The van der Waals surface area contributed by atoms with Crippen molar-refractivity contribution in [2.75, 3.05) is 20.3 Å². The van der Waals surface area contributed by atoms with E-state index < -0.39 is 0 Å². The van der Waals surface area contributed by atoms with Crippen LogP contribution in [0.1, 0.15) is 18.1 Å². The zero-order valence-corrected chi connectivity index (χ0v) is 11.0. The van der Waals surface area contributed by atoms with Crippen molar-refractivity contribution in [2.45, 2.75) is 19.9 Å². The van der Waals surface area contributed by atoms with Gasteiger partial charge in [-0.2, -0.15) is 0 Å². The molecule has 0 heterocycles. The number of nitrogens with one attached hydrogen (secondary N) is 1. The normalized spacial score (nSPS) is 12.2. The molecule has 0 aliphatic carbocycles. The van der Waals surface area contributed by atoms with E-state index in [1.807, 2.05) is 31.2 Å². The average molecular weight is 251 g/mol. The lowest BCUT2D eigenvalue weighted by atomic mass is 10.0. The number of benzene rings is 1. The molecule has 0 saturated heterocycles. The van der Waals surface area contributed by atoms with Gasteiger partial charge >= 0.3 is 5.97 Å². The first kappa shape index (κ1) is 14.7. The van der Waals surface area contributed by atoms with Gasteiger partial charge in [0.15, 0.2) is 0 Å². The maximum Gasteiger partial charge on any atom is 0.309 e. The minimum Gasteiger partial charge on any atom is -0.469 e. The van der Waals surface area contributed by atoms with Gasteiger partial charge in [-0.25, -0.2) is 0 Å². The SMILES string of the molecule is COC(=O)Cc1ccccc1CNCC(C)CO. The van der Waals surface area contributed by atoms with Crippen LogP contribution in [-0.4, -0.2) is 31.3 Å². The number of carbonyl (C=O) groups is 1. The lowest BCUT2D eigenvalue weighted by Gasteiger charge is -2.12. The van der Waals surface area contributed by atoms with E-state index in [1.54, 1.807) is 0 Å². The first-order valence-corrected chi connectivity index (χ1v) is 6.12. The molecule has 1 aromatic carbocycles. The van der Waals surface area contributed by atoms with Gasteiger partial charge in [0.25, 0.3) is 0 Å². The number of aliphatic hydroxyl groups is 1. The number of carbonyl (C=O) groups excluding carboxylic acids is 1. The first-order valence-electron chi connectivity index (χ1n) is 6.12. The zero-order chi connectivity index (χ0) is 13.4. The Hall–Kier alpha value is -1.39. The highest BCUT2D eigenvalue weighted by Crippen LogP contribution is 2.10. The maximum absolute atomic E-state index is 11.3. The molecule has 0 saturated carbocycles. The summed E-state index contributed by atoms with van der Waals surface area (Å²) >= 11 is 0. The van der Waals surface area contributed by atoms with Gasteiger partial charge in [0.2, 0.25) is 0 Å². The molecule has 0 aliphatic rings. The molecule has 4 heteroatoms. The maximum atomic E-state index is 11.3. The predicted octanol–water partition coefficient (Wildman–Crippen LogP) is 1.12. The highest BCUT2D eigenvalue weighted by Gasteiger charge is 2.07. The summed E-state index contributed by atoms with van der Waals surface area (Å²) in [5.74, 6) is 0.00365. The number of esters is 1. The molecule has 1 atom stereocenters. The van der Waals surface area contributed by atoms with Crippen molar-refractivity contribution >= 4 is 5.97 Å². The number of methoxy groups -OCH3 is 1. The molecule has 100 valence electrons. The van der Waals surface area contributed by atoms with E-state index in [-0.39, 0.29) is 18.5 Å². The fourth-order valence-corrected chi connectivity index (χ4v) is 1.65.